The fourth-order valence-electron chi connectivity index (χ4n) is 3.02. The fraction of sp³-hybridized carbons (Fsp3) is 0.625. The fourth-order valence-corrected chi connectivity index (χ4v) is 3.02. The summed E-state index contributed by atoms with van der Waals surface area (Å²) in [6, 6.07) is 1.77. The lowest BCUT2D eigenvalue weighted by Crippen LogP contribution is -2.42. The van der Waals surface area contributed by atoms with Crippen LogP contribution in [0.1, 0.15) is 60.8 Å². The standard InChI is InChI=1S/C16H23N5O3/c1-4-11(5-2)12-8-13(24-19-12)16(22)21-6-7-23-14(9-21)15-18-17-10-20(15)3/h8,10-11,14H,4-7,9H2,1-3H3/t14-/m1/s1. The molecule has 0 radical (unpaired) electrons. The number of hydrogen-bond donors (Lipinski definition) is 0. The number of hydrogen-bond acceptors (Lipinski definition) is 6. The largest absolute Gasteiger partial charge is 0.366 e. The van der Waals surface area contributed by atoms with Crippen molar-refractivity contribution in [3.05, 3.63) is 29.7 Å². The van der Waals surface area contributed by atoms with Crippen LogP contribution < -0.4 is 0 Å². The highest BCUT2D eigenvalue weighted by atomic mass is 16.5. The molecule has 0 unspecified atom stereocenters. The average molecular weight is 333 g/mol. The third-order valence-corrected chi connectivity index (χ3v) is 4.53. The lowest BCUT2D eigenvalue weighted by molar-refractivity contribution is -0.0291. The number of aromatic nitrogens is 4. The number of nitrogens with zero attached hydrogens (tertiary/aromatic N) is 5. The van der Waals surface area contributed by atoms with Gasteiger partial charge in [-0.1, -0.05) is 19.0 Å². The van der Waals surface area contributed by atoms with Crippen LogP contribution in [0.4, 0.5) is 0 Å². The summed E-state index contributed by atoms with van der Waals surface area (Å²) >= 11 is 0. The molecule has 8 nitrogen and oxygen atoms in total. The predicted octanol–water partition coefficient (Wildman–Crippen LogP) is 1.92. The van der Waals surface area contributed by atoms with E-state index in [1.807, 2.05) is 7.05 Å². The first kappa shape index (κ1) is 16.6. The second-order valence-corrected chi connectivity index (χ2v) is 6.04. The van der Waals surface area contributed by atoms with Gasteiger partial charge in [-0.15, -0.1) is 10.2 Å². The van der Waals surface area contributed by atoms with Gasteiger partial charge in [0.1, 0.15) is 12.4 Å². The van der Waals surface area contributed by atoms with Crippen molar-refractivity contribution in [2.24, 2.45) is 7.05 Å². The highest BCUT2D eigenvalue weighted by Gasteiger charge is 2.30. The molecule has 0 N–H and O–H groups in total. The molecule has 1 amide bonds. The Bertz CT molecular complexity index is 691. The molecule has 8 heteroatoms. The molecule has 3 heterocycles. The third-order valence-electron chi connectivity index (χ3n) is 4.53. The Hall–Kier alpha value is -2.22. The minimum Gasteiger partial charge on any atom is -0.366 e. The Morgan fingerprint density at radius 1 is 1.42 bits per heavy atom. The van der Waals surface area contributed by atoms with Gasteiger partial charge in [-0.05, 0) is 12.8 Å². The van der Waals surface area contributed by atoms with Crippen LogP contribution in [0.3, 0.4) is 0 Å². The maximum absolute atomic E-state index is 12.7. The molecule has 0 saturated carbocycles. The second kappa shape index (κ2) is 7.12. The minimum absolute atomic E-state index is 0.157. The van der Waals surface area contributed by atoms with Crippen LogP contribution in [-0.2, 0) is 11.8 Å². The molecule has 130 valence electrons. The summed E-state index contributed by atoms with van der Waals surface area (Å²) in [7, 11) is 1.86. The molecule has 0 bridgehead atoms. The zero-order valence-corrected chi connectivity index (χ0v) is 14.3. The van der Waals surface area contributed by atoms with Gasteiger partial charge in [-0.2, -0.15) is 0 Å². The van der Waals surface area contributed by atoms with Crippen molar-refractivity contribution in [2.75, 3.05) is 19.7 Å². The van der Waals surface area contributed by atoms with E-state index in [2.05, 4.69) is 29.2 Å². The Morgan fingerprint density at radius 3 is 2.88 bits per heavy atom. The Morgan fingerprint density at radius 2 is 2.21 bits per heavy atom. The van der Waals surface area contributed by atoms with Gasteiger partial charge >= 0.3 is 0 Å². The van der Waals surface area contributed by atoms with Crippen LogP contribution >= 0.6 is 0 Å². The van der Waals surface area contributed by atoms with Gasteiger partial charge < -0.3 is 18.7 Å². The molecule has 1 fully saturated rings. The summed E-state index contributed by atoms with van der Waals surface area (Å²) in [5, 5.41) is 12.0. The molecule has 2 aromatic heterocycles. The number of morpholine rings is 1. The molecule has 1 atom stereocenters. The second-order valence-electron chi connectivity index (χ2n) is 6.04. The van der Waals surface area contributed by atoms with Crippen LogP contribution in [0.15, 0.2) is 16.9 Å². The van der Waals surface area contributed by atoms with Crippen molar-refractivity contribution >= 4 is 5.91 Å². The van der Waals surface area contributed by atoms with E-state index in [1.54, 1.807) is 21.9 Å². The van der Waals surface area contributed by atoms with E-state index in [0.717, 1.165) is 18.5 Å². The number of carbonyl (C=O) groups is 1. The van der Waals surface area contributed by atoms with Gasteiger partial charge in [0.2, 0.25) is 5.76 Å². The average Bonchev–Trinajstić information content (AvgIpc) is 3.25. The van der Waals surface area contributed by atoms with Gasteiger partial charge in [0, 0.05) is 25.6 Å². The Balaban J connectivity index is 1.72. The lowest BCUT2D eigenvalue weighted by atomic mass is 9.99. The number of rotatable bonds is 5. The van der Waals surface area contributed by atoms with Crippen LogP contribution in [0.5, 0.6) is 0 Å². The molecule has 2 aromatic rings. The quantitative estimate of drug-likeness (QED) is 0.831. The van der Waals surface area contributed by atoms with Gasteiger partial charge in [0.05, 0.1) is 18.8 Å². The van der Waals surface area contributed by atoms with Gasteiger partial charge in [0.25, 0.3) is 5.91 Å². The number of ether oxygens (including phenoxy) is 1. The van der Waals surface area contributed by atoms with Crippen molar-refractivity contribution in [3.8, 4) is 0 Å². The maximum atomic E-state index is 12.7. The van der Waals surface area contributed by atoms with Gasteiger partial charge in [-0.25, -0.2) is 0 Å². The SMILES string of the molecule is CCC(CC)c1cc(C(=O)N2CCO[C@@H](c3nncn3C)C2)on1. The van der Waals surface area contributed by atoms with Crippen LogP contribution in [-0.4, -0.2) is 50.4 Å². The van der Waals surface area contributed by atoms with Crippen LogP contribution in [0.25, 0.3) is 0 Å². The molecule has 1 aliphatic heterocycles. The van der Waals surface area contributed by atoms with Crippen LogP contribution in [0.2, 0.25) is 0 Å². The monoisotopic (exact) mass is 333 g/mol. The zero-order chi connectivity index (χ0) is 17.1. The zero-order valence-electron chi connectivity index (χ0n) is 14.3. The van der Waals surface area contributed by atoms with E-state index in [1.165, 1.54) is 0 Å². The first-order valence-corrected chi connectivity index (χ1v) is 8.35. The van der Waals surface area contributed by atoms with Crippen molar-refractivity contribution < 1.29 is 14.1 Å². The van der Waals surface area contributed by atoms with Crippen molar-refractivity contribution in [1.82, 2.24) is 24.8 Å². The van der Waals surface area contributed by atoms with E-state index in [0.29, 0.717) is 31.4 Å². The van der Waals surface area contributed by atoms with Gasteiger partial charge in [0.15, 0.2) is 5.82 Å². The summed E-state index contributed by atoms with van der Waals surface area (Å²) in [5.74, 6) is 1.17. The molecular weight excluding hydrogens is 310 g/mol. The van der Waals surface area contributed by atoms with E-state index in [-0.39, 0.29) is 17.8 Å². The molecular formula is C16H23N5O3. The first-order valence-electron chi connectivity index (χ1n) is 8.35. The maximum Gasteiger partial charge on any atom is 0.292 e. The van der Waals surface area contributed by atoms with E-state index < -0.39 is 0 Å². The molecule has 1 saturated heterocycles. The topological polar surface area (TPSA) is 86.3 Å². The predicted molar refractivity (Wildman–Crippen MR) is 85.4 cm³/mol. The van der Waals surface area contributed by atoms with E-state index in [9.17, 15) is 4.79 Å². The normalized spacial score (nSPS) is 18.3. The summed E-state index contributed by atoms with van der Waals surface area (Å²) in [6.07, 6.45) is 3.29. The molecule has 0 aliphatic carbocycles. The first-order chi connectivity index (χ1) is 11.6. The van der Waals surface area contributed by atoms with E-state index >= 15 is 0 Å². The molecule has 24 heavy (non-hydrogen) atoms. The Kier molecular flexibility index (Phi) is 4.94. The Labute approximate surface area is 140 Å². The van der Waals surface area contributed by atoms with Crippen molar-refractivity contribution in [1.29, 1.82) is 0 Å². The highest BCUT2D eigenvalue weighted by molar-refractivity contribution is 5.91. The van der Waals surface area contributed by atoms with Crippen molar-refractivity contribution in [2.45, 2.75) is 38.7 Å². The van der Waals surface area contributed by atoms with Gasteiger partial charge in [-0.3, -0.25) is 4.79 Å². The smallest absolute Gasteiger partial charge is 0.292 e. The van der Waals surface area contributed by atoms with Crippen molar-refractivity contribution in [3.63, 3.8) is 0 Å². The summed E-state index contributed by atoms with van der Waals surface area (Å²) in [6.45, 7) is 5.62. The highest BCUT2D eigenvalue weighted by Crippen LogP contribution is 2.25. The third kappa shape index (κ3) is 3.19. The number of amides is 1. The molecule has 0 aromatic carbocycles. The minimum atomic E-state index is -0.281. The number of aryl methyl sites for hydroxylation is 1. The summed E-state index contributed by atoms with van der Waals surface area (Å²) in [5.41, 5.74) is 0.849. The van der Waals surface area contributed by atoms with Crippen LogP contribution in [0, 0.1) is 0 Å². The summed E-state index contributed by atoms with van der Waals surface area (Å²) < 4.78 is 12.8. The molecule has 3 rings (SSSR count). The number of carbonyl (C=O) groups excluding carboxylic acids is 1. The molecule has 1 aliphatic rings. The molecule has 0 spiro atoms. The van der Waals surface area contributed by atoms with E-state index in [4.69, 9.17) is 9.26 Å². The lowest BCUT2D eigenvalue weighted by Gasteiger charge is -2.31. The summed E-state index contributed by atoms with van der Waals surface area (Å²) in [4.78, 5) is 14.4.